The fraction of sp³-hybridized carbons (Fsp3) is 0.632. The molecular weight excluding hydrogens is 355 g/mol. The molecule has 26 heavy (non-hydrogen) atoms. The summed E-state index contributed by atoms with van der Waals surface area (Å²) in [6, 6.07) is 4.88. The maximum atomic E-state index is 13.0. The highest BCUT2D eigenvalue weighted by atomic mass is 32.2. The van der Waals surface area contributed by atoms with Gasteiger partial charge < -0.3 is 4.90 Å². The molecule has 1 fully saturated rings. The second kappa shape index (κ2) is 10.0. The largest absolute Gasteiger partial charge is 0.341 e. The first-order valence-electron chi connectivity index (χ1n) is 9.48. The minimum absolute atomic E-state index is 0.0922. The Kier molecular flexibility index (Phi) is 8.03. The lowest BCUT2D eigenvalue weighted by Crippen LogP contribution is -2.37. The summed E-state index contributed by atoms with van der Waals surface area (Å²) in [5.41, 5.74) is 0. The molecular formula is C19H29FN2O3S. The van der Waals surface area contributed by atoms with Gasteiger partial charge in [-0.1, -0.05) is 32.6 Å². The minimum atomic E-state index is -3.65. The van der Waals surface area contributed by atoms with E-state index in [0.717, 1.165) is 31.4 Å². The zero-order chi connectivity index (χ0) is 19.0. The monoisotopic (exact) mass is 384 g/mol. The van der Waals surface area contributed by atoms with Crippen molar-refractivity contribution in [3.63, 3.8) is 0 Å². The molecule has 0 unspecified atom stereocenters. The van der Waals surface area contributed by atoms with Crippen LogP contribution in [0.5, 0.6) is 0 Å². The first-order chi connectivity index (χ1) is 12.4. The lowest BCUT2D eigenvalue weighted by atomic mass is 10.1. The van der Waals surface area contributed by atoms with E-state index in [1.54, 1.807) is 4.90 Å². The molecule has 1 heterocycles. The fourth-order valence-corrected chi connectivity index (χ4v) is 4.65. The zero-order valence-corrected chi connectivity index (χ0v) is 16.3. The molecule has 1 aromatic rings. The number of benzene rings is 1. The van der Waals surface area contributed by atoms with Crippen LogP contribution < -0.4 is 0 Å². The first-order valence-corrected chi connectivity index (χ1v) is 10.9. The van der Waals surface area contributed by atoms with E-state index in [1.165, 1.54) is 29.3 Å². The molecule has 0 aliphatic carbocycles. The number of nitrogens with zero attached hydrogens (tertiary/aromatic N) is 2. The highest BCUT2D eigenvalue weighted by molar-refractivity contribution is 7.89. The molecule has 0 aromatic heterocycles. The van der Waals surface area contributed by atoms with E-state index in [0.29, 0.717) is 32.5 Å². The number of unbranched alkanes of at least 4 members (excludes halogenated alkanes) is 4. The lowest BCUT2D eigenvalue weighted by molar-refractivity contribution is -0.131. The average molecular weight is 385 g/mol. The van der Waals surface area contributed by atoms with E-state index < -0.39 is 15.8 Å². The topological polar surface area (TPSA) is 57.7 Å². The Bertz CT molecular complexity index is 677. The third-order valence-electron chi connectivity index (χ3n) is 4.75. The van der Waals surface area contributed by atoms with Gasteiger partial charge in [-0.3, -0.25) is 4.79 Å². The number of carbonyl (C=O) groups excluding carboxylic acids is 1. The predicted molar refractivity (Wildman–Crippen MR) is 99.7 cm³/mol. The Balaban J connectivity index is 1.89. The normalized spacial score (nSPS) is 16.5. The van der Waals surface area contributed by atoms with Crippen molar-refractivity contribution >= 4 is 15.9 Å². The number of sulfonamides is 1. The summed E-state index contributed by atoms with van der Waals surface area (Å²) in [5.74, 6) is -0.349. The predicted octanol–water partition coefficient (Wildman–Crippen LogP) is 3.41. The molecule has 1 aliphatic rings. The molecule has 1 aromatic carbocycles. The Labute approximate surface area is 156 Å². The summed E-state index contributed by atoms with van der Waals surface area (Å²) in [4.78, 5) is 14.2. The molecule has 1 aliphatic heterocycles. The van der Waals surface area contributed by atoms with Gasteiger partial charge in [-0.25, -0.2) is 12.8 Å². The van der Waals surface area contributed by atoms with Crippen LogP contribution in [0.25, 0.3) is 0 Å². The van der Waals surface area contributed by atoms with E-state index in [1.807, 2.05) is 0 Å². The van der Waals surface area contributed by atoms with Crippen LogP contribution in [0, 0.1) is 5.82 Å². The van der Waals surface area contributed by atoms with E-state index >= 15 is 0 Å². The maximum absolute atomic E-state index is 13.0. The highest BCUT2D eigenvalue weighted by Gasteiger charge is 2.28. The summed E-state index contributed by atoms with van der Waals surface area (Å²) >= 11 is 0. The van der Waals surface area contributed by atoms with E-state index in [-0.39, 0.29) is 17.3 Å². The van der Waals surface area contributed by atoms with Crippen LogP contribution in [-0.4, -0.2) is 49.7 Å². The van der Waals surface area contributed by atoms with Gasteiger partial charge in [-0.15, -0.1) is 0 Å². The summed E-state index contributed by atoms with van der Waals surface area (Å²) in [5, 5.41) is 0. The summed E-state index contributed by atoms with van der Waals surface area (Å²) in [6.07, 6.45) is 6.65. The van der Waals surface area contributed by atoms with Crippen LogP contribution in [0.3, 0.4) is 0 Å². The zero-order valence-electron chi connectivity index (χ0n) is 15.5. The third kappa shape index (κ3) is 5.77. The van der Waals surface area contributed by atoms with Gasteiger partial charge in [0.1, 0.15) is 5.82 Å². The van der Waals surface area contributed by atoms with Crippen LogP contribution in [0.2, 0.25) is 0 Å². The number of halogens is 1. The molecule has 146 valence electrons. The summed E-state index contributed by atoms with van der Waals surface area (Å²) in [7, 11) is -3.65. The van der Waals surface area contributed by atoms with Gasteiger partial charge in [0, 0.05) is 32.6 Å². The summed E-state index contributed by atoms with van der Waals surface area (Å²) in [6.45, 7) is 3.81. The van der Waals surface area contributed by atoms with Gasteiger partial charge in [-0.2, -0.15) is 4.31 Å². The molecule has 0 bridgehead atoms. The molecule has 5 nitrogen and oxygen atoms in total. The van der Waals surface area contributed by atoms with Crippen molar-refractivity contribution < 1.29 is 17.6 Å². The quantitative estimate of drug-likeness (QED) is 0.646. The number of carbonyl (C=O) groups is 1. The number of rotatable bonds is 8. The smallest absolute Gasteiger partial charge is 0.243 e. The van der Waals surface area contributed by atoms with E-state index in [2.05, 4.69) is 6.92 Å². The molecule has 0 N–H and O–H groups in total. The van der Waals surface area contributed by atoms with Crippen molar-refractivity contribution in [1.29, 1.82) is 0 Å². The van der Waals surface area contributed by atoms with Crippen LogP contribution in [-0.2, 0) is 14.8 Å². The fourth-order valence-electron chi connectivity index (χ4n) is 3.18. The van der Waals surface area contributed by atoms with Gasteiger partial charge in [-0.05, 0) is 37.1 Å². The second-order valence-electron chi connectivity index (χ2n) is 6.76. The van der Waals surface area contributed by atoms with E-state index in [9.17, 15) is 17.6 Å². The Hall–Kier alpha value is -1.47. The molecule has 7 heteroatoms. The Morgan fingerprint density at radius 3 is 2.38 bits per heavy atom. The molecule has 0 saturated carbocycles. The van der Waals surface area contributed by atoms with Crippen molar-refractivity contribution in [2.24, 2.45) is 0 Å². The Morgan fingerprint density at radius 1 is 1.00 bits per heavy atom. The molecule has 1 amide bonds. The minimum Gasteiger partial charge on any atom is -0.341 e. The maximum Gasteiger partial charge on any atom is 0.243 e. The van der Waals surface area contributed by atoms with Gasteiger partial charge in [0.15, 0.2) is 0 Å². The van der Waals surface area contributed by atoms with Crippen LogP contribution in [0.15, 0.2) is 29.2 Å². The average Bonchev–Trinajstić information content (AvgIpc) is 2.88. The van der Waals surface area contributed by atoms with Gasteiger partial charge in [0.05, 0.1) is 4.90 Å². The van der Waals surface area contributed by atoms with Crippen molar-refractivity contribution in [1.82, 2.24) is 9.21 Å². The second-order valence-corrected chi connectivity index (χ2v) is 8.69. The van der Waals surface area contributed by atoms with Gasteiger partial charge in [0.25, 0.3) is 0 Å². The number of hydrogen-bond donors (Lipinski definition) is 0. The van der Waals surface area contributed by atoms with Gasteiger partial charge >= 0.3 is 0 Å². The lowest BCUT2D eigenvalue weighted by Gasteiger charge is -2.22. The summed E-state index contributed by atoms with van der Waals surface area (Å²) < 4.78 is 39.8. The van der Waals surface area contributed by atoms with Crippen LogP contribution >= 0.6 is 0 Å². The molecule has 0 radical (unpaired) electrons. The third-order valence-corrected chi connectivity index (χ3v) is 6.67. The molecule has 0 atom stereocenters. The van der Waals surface area contributed by atoms with E-state index in [4.69, 9.17) is 0 Å². The molecule has 2 rings (SSSR count). The Morgan fingerprint density at radius 2 is 1.69 bits per heavy atom. The standard InChI is InChI=1S/C19H29FN2O3S/c1-2-3-4-5-6-8-19(23)21-13-7-14-22(16-15-21)26(24,25)18-11-9-17(20)10-12-18/h9-12H,2-8,13-16H2,1H3. The van der Waals surface area contributed by atoms with Crippen molar-refractivity contribution in [3.05, 3.63) is 30.1 Å². The molecule has 1 saturated heterocycles. The first kappa shape index (κ1) is 20.8. The van der Waals surface area contributed by atoms with Crippen molar-refractivity contribution in [2.45, 2.75) is 56.8 Å². The van der Waals surface area contributed by atoms with Crippen LogP contribution in [0.4, 0.5) is 4.39 Å². The van der Waals surface area contributed by atoms with Gasteiger partial charge in [0.2, 0.25) is 15.9 Å². The highest BCUT2D eigenvalue weighted by Crippen LogP contribution is 2.18. The van der Waals surface area contributed by atoms with Crippen molar-refractivity contribution in [2.75, 3.05) is 26.2 Å². The van der Waals surface area contributed by atoms with Crippen LogP contribution in [0.1, 0.15) is 51.9 Å². The SMILES string of the molecule is CCCCCCCC(=O)N1CCCN(S(=O)(=O)c2ccc(F)cc2)CC1. The van der Waals surface area contributed by atoms with Crippen molar-refractivity contribution in [3.8, 4) is 0 Å². The number of hydrogen-bond acceptors (Lipinski definition) is 3. The molecule has 0 spiro atoms. The number of amides is 1.